The van der Waals surface area contributed by atoms with E-state index in [-0.39, 0.29) is 31.1 Å². The standard InChI is InChI=1S/C37H63NO12/c1-11-28-25(18-39)14-19(2)12-13-26(40)20(3)15-21(4)33(22(5)27(41)16-29(42)48-28)50-36-32(43)31(38(9)10)34(23(6)47-36)49-30-17-37(8,45)35(44)24(7)46-30/h12-14,20-25,27-28,30-36,39,41,43-45H,11,15-18H2,1-10H3/b13-12+,19-14+/t20-,21+,22+,23-,24-,25-,27-,28-,30+,31?,32?,33+,34?,35?,36+,37?/m1/s1. The van der Waals surface area contributed by atoms with Gasteiger partial charge in [0.15, 0.2) is 18.4 Å². The molecule has 5 N–H and O–H groups in total. The molecular weight excluding hydrogens is 650 g/mol. The zero-order chi connectivity index (χ0) is 37.7. The molecule has 0 aromatic carbocycles. The van der Waals surface area contributed by atoms with Crippen LogP contribution in [0.4, 0.5) is 0 Å². The van der Waals surface area contributed by atoms with E-state index in [2.05, 4.69) is 0 Å². The summed E-state index contributed by atoms with van der Waals surface area (Å²) in [6, 6.07) is -0.649. The summed E-state index contributed by atoms with van der Waals surface area (Å²) in [5, 5.41) is 54.3. The molecular formula is C37H63NO12. The summed E-state index contributed by atoms with van der Waals surface area (Å²) in [6.07, 6.45) is -3.47. The molecule has 0 aromatic rings. The number of hydrogen-bond donors (Lipinski definition) is 5. The van der Waals surface area contributed by atoms with Gasteiger partial charge in [-0.05, 0) is 66.6 Å². The normalized spacial score (nSPS) is 46.2. The van der Waals surface area contributed by atoms with Gasteiger partial charge in [0.05, 0.1) is 49.1 Å². The van der Waals surface area contributed by atoms with E-state index in [1.165, 1.54) is 13.0 Å². The van der Waals surface area contributed by atoms with Crippen LogP contribution in [-0.4, -0.2) is 136 Å². The van der Waals surface area contributed by atoms with E-state index in [1.54, 1.807) is 51.9 Å². The van der Waals surface area contributed by atoms with Gasteiger partial charge in [-0.3, -0.25) is 9.59 Å². The number of ether oxygens (including phenoxy) is 5. The second-order valence-electron chi connectivity index (χ2n) is 15.3. The first-order valence-corrected chi connectivity index (χ1v) is 18.1. The molecule has 0 amide bonds. The van der Waals surface area contributed by atoms with E-state index in [9.17, 15) is 35.1 Å². The maximum atomic E-state index is 13.2. The summed E-state index contributed by atoms with van der Waals surface area (Å²) in [4.78, 5) is 28.1. The molecule has 13 heteroatoms. The van der Waals surface area contributed by atoms with Crippen molar-refractivity contribution in [2.45, 2.75) is 154 Å². The summed E-state index contributed by atoms with van der Waals surface area (Å²) in [5.41, 5.74) is -0.693. The van der Waals surface area contributed by atoms with Crippen molar-refractivity contribution in [3.63, 3.8) is 0 Å². The highest BCUT2D eigenvalue weighted by Crippen LogP contribution is 2.36. The van der Waals surface area contributed by atoms with Crippen LogP contribution in [0.3, 0.4) is 0 Å². The SMILES string of the molecule is CC[C@H]1OC(=O)C[C@@H](O)[C@H](C)[C@@H](O[C@@H]2O[C@H](C)C(O[C@H]3CC(C)(O)C(O)[C@@H](C)O3)C(N(C)C)C2O)[C@@H](C)C[C@@H](C)C(=O)/C=C/C(C)=C/[C@@H]1CO. The average molecular weight is 714 g/mol. The molecule has 2 fully saturated rings. The van der Waals surface area contributed by atoms with Crippen LogP contribution in [0.25, 0.3) is 0 Å². The maximum Gasteiger partial charge on any atom is 0.308 e. The second-order valence-corrected chi connectivity index (χ2v) is 15.3. The Bertz CT molecular complexity index is 1180. The number of esters is 1. The molecule has 0 aliphatic carbocycles. The van der Waals surface area contributed by atoms with Crippen LogP contribution in [0.2, 0.25) is 0 Å². The van der Waals surface area contributed by atoms with E-state index in [0.29, 0.717) is 12.8 Å². The molecule has 0 spiro atoms. The zero-order valence-corrected chi connectivity index (χ0v) is 31.5. The van der Waals surface area contributed by atoms with Gasteiger partial charge in [-0.2, -0.15) is 0 Å². The number of aliphatic hydroxyl groups is 5. The van der Waals surface area contributed by atoms with Crippen LogP contribution in [0, 0.1) is 23.7 Å². The Morgan fingerprint density at radius 3 is 2.22 bits per heavy atom. The van der Waals surface area contributed by atoms with E-state index in [0.717, 1.165) is 5.57 Å². The van der Waals surface area contributed by atoms with Gasteiger partial charge in [0.2, 0.25) is 0 Å². The van der Waals surface area contributed by atoms with Gasteiger partial charge < -0.3 is 54.1 Å². The summed E-state index contributed by atoms with van der Waals surface area (Å²) in [6.45, 7) is 13.9. The molecule has 16 atom stereocenters. The summed E-state index contributed by atoms with van der Waals surface area (Å²) in [5.74, 6) is -2.57. The van der Waals surface area contributed by atoms with E-state index < -0.39 is 96.8 Å². The van der Waals surface area contributed by atoms with Gasteiger partial charge in [0.25, 0.3) is 0 Å². The van der Waals surface area contributed by atoms with Gasteiger partial charge in [-0.1, -0.05) is 45.4 Å². The highest BCUT2D eigenvalue weighted by atomic mass is 16.7. The van der Waals surface area contributed by atoms with Crippen LogP contribution in [0.1, 0.15) is 81.1 Å². The predicted molar refractivity (Wildman–Crippen MR) is 185 cm³/mol. The Balaban J connectivity index is 1.89. The first-order valence-electron chi connectivity index (χ1n) is 18.1. The number of ketones is 1. The smallest absolute Gasteiger partial charge is 0.308 e. The lowest BCUT2D eigenvalue weighted by Crippen LogP contribution is -2.65. The molecule has 0 radical (unpaired) electrons. The van der Waals surface area contributed by atoms with Crippen LogP contribution < -0.4 is 0 Å². The summed E-state index contributed by atoms with van der Waals surface area (Å²) >= 11 is 0. The fourth-order valence-electron chi connectivity index (χ4n) is 7.54. The van der Waals surface area contributed by atoms with Gasteiger partial charge in [-0.25, -0.2) is 0 Å². The molecule has 0 bridgehead atoms. The molecule has 3 aliphatic heterocycles. The lowest BCUT2D eigenvalue weighted by atomic mass is 9.82. The minimum absolute atomic E-state index is 0.0108. The van der Waals surface area contributed by atoms with Gasteiger partial charge in [0.1, 0.15) is 24.4 Å². The Hall–Kier alpha value is -1.78. The Morgan fingerprint density at radius 2 is 1.64 bits per heavy atom. The van der Waals surface area contributed by atoms with Gasteiger partial charge in [0, 0.05) is 24.2 Å². The zero-order valence-electron chi connectivity index (χ0n) is 31.5. The lowest BCUT2D eigenvalue weighted by Gasteiger charge is -2.50. The van der Waals surface area contributed by atoms with Crippen molar-refractivity contribution in [1.29, 1.82) is 0 Å². The number of rotatable bonds is 7. The van der Waals surface area contributed by atoms with E-state index in [4.69, 9.17) is 23.7 Å². The Morgan fingerprint density at radius 1 is 0.980 bits per heavy atom. The van der Waals surface area contributed by atoms with E-state index >= 15 is 0 Å². The third-order valence-electron chi connectivity index (χ3n) is 10.6. The third-order valence-corrected chi connectivity index (χ3v) is 10.6. The number of hydrogen-bond acceptors (Lipinski definition) is 13. The highest BCUT2D eigenvalue weighted by molar-refractivity contribution is 5.91. The summed E-state index contributed by atoms with van der Waals surface area (Å²) < 4.78 is 30.8. The molecule has 13 nitrogen and oxygen atoms in total. The molecule has 3 heterocycles. The van der Waals surface area contributed by atoms with Crippen LogP contribution in [0.15, 0.2) is 23.8 Å². The molecule has 50 heavy (non-hydrogen) atoms. The summed E-state index contributed by atoms with van der Waals surface area (Å²) in [7, 11) is 3.58. The number of cyclic esters (lactones) is 1. The van der Waals surface area contributed by atoms with Crippen molar-refractivity contribution in [3.05, 3.63) is 23.8 Å². The molecule has 2 saturated heterocycles. The molecule has 288 valence electrons. The second kappa shape index (κ2) is 18.3. The molecule has 5 unspecified atom stereocenters. The minimum Gasteiger partial charge on any atom is -0.462 e. The van der Waals surface area contributed by atoms with Gasteiger partial charge in [-0.15, -0.1) is 0 Å². The first kappa shape index (κ1) is 42.6. The molecule has 0 aromatic heterocycles. The van der Waals surface area contributed by atoms with Crippen molar-refractivity contribution in [2.75, 3.05) is 20.7 Å². The highest BCUT2D eigenvalue weighted by Gasteiger charge is 2.51. The van der Waals surface area contributed by atoms with Crippen molar-refractivity contribution in [3.8, 4) is 0 Å². The van der Waals surface area contributed by atoms with Crippen LogP contribution in [-0.2, 0) is 33.3 Å². The molecule has 3 aliphatic rings. The Labute approximate surface area is 297 Å². The molecule has 3 rings (SSSR count). The number of likely N-dealkylation sites (N-methyl/N-ethyl adjacent to an activating group) is 1. The number of nitrogens with zero attached hydrogens (tertiary/aromatic N) is 1. The van der Waals surface area contributed by atoms with Crippen molar-refractivity contribution < 1.29 is 58.8 Å². The first-order chi connectivity index (χ1) is 23.3. The topological polar surface area (TPSA) is 185 Å². The lowest BCUT2D eigenvalue weighted by molar-refractivity contribution is -0.341. The van der Waals surface area contributed by atoms with E-state index in [1.807, 2.05) is 27.7 Å². The monoisotopic (exact) mass is 713 g/mol. The predicted octanol–water partition coefficient (Wildman–Crippen LogP) is 2.10. The van der Waals surface area contributed by atoms with Crippen LogP contribution in [0.5, 0.6) is 0 Å². The third kappa shape index (κ3) is 10.6. The number of aliphatic hydroxyl groups excluding tert-OH is 4. The molecule has 0 saturated carbocycles. The fraction of sp³-hybridized carbons (Fsp3) is 0.838. The van der Waals surface area contributed by atoms with Crippen LogP contribution >= 0.6 is 0 Å². The van der Waals surface area contributed by atoms with Crippen molar-refractivity contribution in [2.24, 2.45) is 23.7 Å². The fourth-order valence-corrected chi connectivity index (χ4v) is 7.54. The van der Waals surface area contributed by atoms with Crippen molar-refractivity contribution >= 4 is 11.8 Å². The van der Waals surface area contributed by atoms with Gasteiger partial charge >= 0.3 is 5.97 Å². The quantitative estimate of drug-likeness (QED) is 0.242. The largest absolute Gasteiger partial charge is 0.462 e. The number of carbonyl (C=O) groups is 2. The number of carbonyl (C=O) groups excluding carboxylic acids is 2. The maximum absolute atomic E-state index is 13.2. The Kier molecular flexibility index (Phi) is 15.6. The average Bonchev–Trinajstić information content (AvgIpc) is 3.03. The minimum atomic E-state index is -1.44. The van der Waals surface area contributed by atoms with Crippen molar-refractivity contribution in [1.82, 2.24) is 4.90 Å². The number of allylic oxidation sites excluding steroid dienone is 3.